The molecule has 0 fully saturated rings. The largest absolute Gasteiger partial charge is 0.423 e. The lowest BCUT2D eigenvalue weighted by atomic mass is 10.2. The number of esters is 1. The Labute approximate surface area is 193 Å². The summed E-state index contributed by atoms with van der Waals surface area (Å²) in [7, 11) is 0. The standard InChI is InChI=1S/C24H17ClN6O2/c1-15-13-21(31-24(27-15)29-22(30-31)16-5-4-12-26-14-16)28-17-8-10-18(11-9-17)33-23(32)19-6-2-3-7-20(19)25/h2-14,28H,1H3. The van der Waals surface area contributed by atoms with Crippen LogP contribution >= 0.6 is 11.6 Å². The number of pyridine rings is 1. The summed E-state index contributed by atoms with van der Waals surface area (Å²) in [6.07, 6.45) is 3.40. The highest BCUT2D eigenvalue weighted by Crippen LogP contribution is 2.24. The number of ether oxygens (including phenoxy) is 1. The van der Waals surface area contributed by atoms with Crippen LogP contribution in [-0.2, 0) is 0 Å². The number of hydrogen-bond donors (Lipinski definition) is 1. The van der Waals surface area contributed by atoms with Crippen molar-refractivity contribution in [1.82, 2.24) is 24.6 Å². The summed E-state index contributed by atoms with van der Waals surface area (Å²) in [4.78, 5) is 25.5. The number of fused-ring (bicyclic) bond motifs is 1. The van der Waals surface area contributed by atoms with Crippen molar-refractivity contribution in [2.75, 3.05) is 5.32 Å². The van der Waals surface area contributed by atoms with Gasteiger partial charge in [0.05, 0.1) is 10.6 Å². The molecule has 0 radical (unpaired) electrons. The van der Waals surface area contributed by atoms with Crippen molar-refractivity contribution in [3.8, 4) is 17.1 Å². The Balaban J connectivity index is 1.38. The molecule has 8 nitrogen and oxygen atoms in total. The molecule has 0 spiro atoms. The number of halogens is 1. The molecule has 33 heavy (non-hydrogen) atoms. The summed E-state index contributed by atoms with van der Waals surface area (Å²) in [5, 5.41) is 8.24. The van der Waals surface area contributed by atoms with Crippen LogP contribution in [-0.4, -0.2) is 30.5 Å². The monoisotopic (exact) mass is 456 g/mol. The quantitative estimate of drug-likeness (QED) is 0.290. The van der Waals surface area contributed by atoms with E-state index >= 15 is 0 Å². The van der Waals surface area contributed by atoms with E-state index in [0.29, 0.717) is 33.8 Å². The highest BCUT2D eigenvalue weighted by Gasteiger charge is 2.14. The lowest BCUT2D eigenvalue weighted by molar-refractivity contribution is 0.0735. The van der Waals surface area contributed by atoms with Gasteiger partial charge in [-0.25, -0.2) is 9.78 Å². The maximum atomic E-state index is 12.4. The number of rotatable bonds is 5. The number of nitrogens with zero attached hydrogens (tertiary/aromatic N) is 5. The van der Waals surface area contributed by atoms with Gasteiger partial charge in [-0.3, -0.25) is 4.98 Å². The van der Waals surface area contributed by atoms with E-state index in [9.17, 15) is 4.79 Å². The molecule has 0 unspecified atom stereocenters. The Bertz CT molecular complexity index is 1450. The van der Waals surface area contributed by atoms with Gasteiger partial charge in [0.2, 0.25) is 0 Å². The van der Waals surface area contributed by atoms with E-state index in [4.69, 9.17) is 16.3 Å². The Hall–Kier alpha value is -4.30. The number of nitrogens with one attached hydrogen (secondary N) is 1. The van der Waals surface area contributed by atoms with Crippen molar-refractivity contribution in [3.05, 3.63) is 95.4 Å². The molecule has 1 N–H and O–H groups in total. The average Bonchev–Trinajstić information content (AvgIpc) is 3.25. The smallest absolute Gasteiger partial charge is 0.345 e. The molecule has 0 bridgehead atoms. The molecule has 9 heteroatoms. The van der Waals surface area contributed by atoms with E-state index in [1.807, 2.05) is 25.1 Å². The van der Waals surface area contributed by atoms with Gasteiger partial charge in [0.25, 0.3) is 5.78 Å². The van der Waals surface area contributed by atoms with E-state index in [-0.39, 0.29) is 0 Å². The summed E-state index contributed by atoms with van der Waals surface area (Å²) in [6, 6.07) is 19.4. The molecular weight excluding hydrogens is 440 g/mol. The first kappa shape index (κ1) is 20.6. The van der Waals surface area contributed by atoms with Gasteiger partial charge in [0.1, 0.15) is 11.6 Å². The zero-order valence-corrected chi connectivity index (χ0v) is 18.2. The van der Waals surface area contributed by atoms with Gasteiger partial charge in [0, 0.05) is 35.4 Å². The van der Waals surface area contributed by atoms with Crippen LogP contribution in [0.5, 0.6) is 5.75 Å². The normalized spacial score (nSPS) is 10.8. The minimum Gasteiger partial charge on any atom is -0.423 e. The number of aromatic nitrogens is 5. The zero-order chi connectivity index (χ0) is 22.8. The second-order valence-corrected chi connectivity index (χ2v) is 7.60. The minimum absolute atomic E-state index is 0.312. The van der Waals surface area contributed by atoms with Crippen molar-refractivity contribution >= 4 is 34.9 Å². The Morgan fingerprint density at radius 2 is 1.85 bits per heavy atom. The van der Waals surface area contributed by atoms with Crippen LogP contribution in [0.3, 0.4) is 0 Å². The van der Waals surface area contributed by atoms with E-state index in [1.54, 1.807) is 65.4 Å². The van der Waals surface area contributed by atoms with Gasteiger partial charge >= 0.3 is 5.97 Å². The van der Waals surface area contributed by atoms with Crippen molar-refractivity contribution in [3.63, 3.8) is 0 Å². The van der Waals surface area contributed by atoms with Gasteiger partial charge in [-0.15, -0.1) is 5.10 Å². The molecule has 162 valence electrons. The SMILES string of the molecule is Cc1cc(Nc2ccc(OC(=O)c3ccccc3Cl)cc2)n2nc(-c3cccnc3)nc2n1. The molecule has 0 saturated heterocycles. The number of anilines is 2. The number of aryl methyl sites for hydroxylation is 1. The van der Waals surface area contributed by atoms with Crippen LogP contribution in [0.4, 0.5) is 11.5 Å². The van der Waals surface area contributed by atoms with Crippen molar-refractivity contribution < 1.29 is 9.53 Å². The molecule has 5 aromatic rings. The molecule has 0 aliphatic rings. The van der Waals surface area contributed by atoms with Crippen molar-refractivity contribution in [2.24, 2.45) is 0 Å². The molecule has 0 amide bonds. The van der Waals surface area contributed by atoms with Crippen LogP contribution in [0.15, 0.2) is 79.1 Å². The molecule has 2 aromatic carbocycles. The molecule has 0 atom stereocenters. The molecule has 0 aliphatic heterocycles. The highest BCUT2D eigenvalue weighted by molar-refractivity contribution is 6.33. The third-order valence-corrected chi connectivity index (χ3v) is 5.12. The van der Waals surface area contributed by atoms with E-state index in [1.165, 1.54) is 0 Å². The third-order valence-electron chi connectivity index (χ3n) is 4.79. The van der Waals surface area contributed by atoms with E-state index in [0.717, 1.165) is 16.9 Å². The van der Waals surface area contributed by atoms with Crippen LogP contribution in [0.25, 0.3) is 17.2 Å². The van der Waals surface area contributed by atoms with Crippen molar-refractivity contribution in [1.29, 1.82) is 0 Å². The van der Waals surface area contributed by atoms with Crippen LogP contribution in [0.1, 0.15) is 16.1 Å². The van der Waals surface area contributed by atoms with Crippen molar-refractivity contribution in [2.45, 2.75) is 6.92 Å². The fraction of sp³-hybridized carbons (Fsp3) is 0.0417. The second kappa shape index (κ2) is 8.68. The zero-order valence-electron chi connectivity index (χ0n) is 17.4. The number of hydrogen-bond acceptors (Lipinski definition) is 7. The van der Waals surface area contributed by atoms with Gasteiger partial charge < -0.3 is 10.1 Å². The lowest BCUT2D eigenvalue weighted by Gasteiger charge is -2.10. The topological polar surface area (TPSA) is 94.3 Å². The predicted octanol–water partition coefficient (Wildman–Crippen LogP) is 5.11. The van der Waals surface area contributed by atoms with Crippen LogP contribution < -0.4 is 10.1 Å². The van der Waals surface area contributed by atoms with E-state index in [2.05, 4.69) is 25.4 Å². The first-order valence-electron chi connectivity index (χ1n) is 10.1. The van der Waals surface area contributed by atoms with Gasteiger partial charge in [-0.1, -0.05) is 23.7 Å². The molecule has 3 aromatic heterocycles. The number of carbonyl (C=O) groups excluding carboxylic acids is 1. The maximum absolute atomic E-state index is 12.4. The van der Waals surface area contributed by atoms with Gasteiger partial charge in [0.15, 0.2) is 5.82 Å². The molecular formula is C24H17ClN6O2. The molecule has 0 saturated carbocycles. The van der Waals surface area contributed by atoms with Crippen LogP contribution in [0.2, 0.25) is 5.02 Å². The maximum Gasteiger partial charge on any atom is 0.345 e. The molecule has 5 rings (SSSR count). The minimum atomic E-state index is -0.515. The van der Waals surface area contributed by atoms with E-state index < -0.39 is 5.97 Å². The summed E-state index contributed by atoms with van der Waals surface area (Å²) in [5.41, 5.74) is 2.68. The number of benzene rings is 2. The third kappa shape index (κ3) is 4.37. The summed E-state index contributed by atoms with van der Waals surface area (Å²) in [5.74, 6) is 1.59. The Kier molecular flexibility index (Phi) is 5.42. The number of carbonyl (C=O) groups is 1. The Morgan fingerprint density at radius 3 is 2.61 bits per heavy atom. The molecule has 3 heterocycles. The first-order valence-corrected chi connectivity index (χ1v) is 10.4. The second-order valence-electron chi connectivity index (χ2n) is 7.19. The van der Waals surface area contributed by atoms with Crippen LogP contribution in [0, 0.1) is 6.92 Å². The predicted molar refractivity (Wildman–Crippen MR) is 125 cm³/mol. The fourth-order valence-electron chi connectivity index (χ4n) is 3.24. The van der Waals surface area contributed by atoms with Gasteiger partial charge in [-0.2, -0.15) is 9.50 Å². The fourth-order valence-corrected chi connectivity index (χ4v) is 3.45. The Morgan fingerprint density at radius 1 is 1.03 bits per heavy atom. The highest BCUT2D eigenvalue weighted by atomic mass is 35.5. The summed E-state index contributed by atoms with van der Waals surface area (Å²) >= 11 is 6.07. The summed E-state index contributed by atoms with van der Waals surface area (Å²) in [6.45, 7) is 1.89. The molecule has 0 aliphatic carbocycles. The average molecular weight is 457 g/mol. The van der Waals surface area contributed by atoms with Gasteiger partial charge in [-0.05, 0) is 55.5 Å². The summed E-state index contributed by atoms with van der Waals surface area (Å²) < 4.78 is 7.07. The lowest BCUT2D eigenvalue weighted by Crippen LogP contribution is -2.09. The first-order chi connectivity index (χ1) is 16.1.